The highest BCUT2D eigenvalue weighted by Crippen LogP contribution is 2.26. The second-order valence-electron chi connectivity index (χ2n) is 7.30. The van der Waals surface area contributed by atoms with Gasteiger partial charge < -0.3 is 25.0 Å². The van der Waals surface area contributed by atoms with E-state index in [-0.39, 0.29) is 5.75 Å². The molecule has 0 saturated carbocycles. The van der Waals surface area contributed by atoms with Crippen LogP contribution in [0.5, 0.6) is 11.5 Å². The number of hydrogen-bond donors (Lipinski definition) is 2. The van der Waals surface area contributed by atoms with Crippen LogP contribution in [0.15, 0.2) is 47.5 Å². The van der Waals surface area contributed by atoms with Crippen molar-refractivity contribution in [3.8, 4) is 11.5 Å². The largest absolute Gasteiger partial charge is 0.504 e. The van der Waals surface area contributed by atoms with Crippen molar-refractivity contribution in [2.24, 2.45) is 4.99 Å². The van der Waals surface area contributed by atoms with E-state index in [9.17, 15) is 5.11 Å². The van der Waals surface area contributed by atoms with E-state index in [2.05, 4.69) is 53.2 Å². The van der Waals surface area contributed by atoms with Gasteiger partial charge in [-0.3, -0.25) is 4.99 Å². The van der Waals surface area contributed by atoms with Crippen LogP contribution in [0, 0.1) is 6.92 Å². The van der Waals surface area contributed by atoms with Gasteiger partial charge in [-0.15, -0.1) is 0 Å². The molecule has 156 valence electrons. The highest BCUT2D eigenvalue weighted by atomic mass is 16.5. The maximum Gasteiger partial charge on any atom is 0.194 e. The van der Waals surface area contributed by atoms with Crippen LogP contribution in [-0.4, -0.2) is 62.3 Å². The molecule has 0 spiro atoms. The van der Waals surface area contributed by atoms with Crippen molar-refractivity contribution in [3.63, 3.8) is 0 Å². The summed E-state index contributed by atoms with van der Waals surface area (Å²) in [6, 6.07) is 14.2. The lowest BCUT2D eigenvalue weighted by Crippen LogP contribution is -2.52. The fourth-order valence-corrected chi connectivity index (χ4v) is 3.60. The summed E-state index contributed by atoms with van der Waals surface area (Å²) < 4.78 is 5.19. The molecular formula is C23H32N4O2. The monoisotopic (exact) mass is 396 g/mol. The number of phenolic OH excluding ortho intramolecular Hbond substituents is 1. The van der Waals surface area contributed by atoms with E-state index in [4.69, 9.17) is 9.73 Å². The standard InChI is InChI=1S/C23H32N4O2/c1-4-24-23(25-11-10-19-8-9-21(28)22(17-19)29-3)27-14-12-26(13-15-27)20-7-5-6-18(2)16-20/h5-9,16-17,28H,4,10-15H2,1-3H3,(H,24,25). The Morgan fingerprint density at radius 1 is 1.14 bits per heavy atom. The Labute approximate surface area is 173 Å². The molecule has 1 aliphatic rings. The van der Waals surface area contributed by atoms with E-state index in [1.807, 2.05) is 12.1 Å². The molecule has 0 atom stereocenters. The van der Waals surface area contributed by atoms with E-state index in [0.717, 1.165) is 50.7 Å². The summed E-state index contributed by atoms with van der Waals surface area (Å²) in [6.45, 7) is 9.66. The molecule has 2 N–H and O–H groups in total. The Morgan fingerprint density at radius 2 is 1.93 bits per heavy atom. The summed E-state index contributed by atoms with van der Waals surface area (Å²) in [5.41, 5.74) is 3.70. The van der Waals surface area contributed by atoms with Crippen LogP contribution in [0.3, 0.4) is 0 Å². The maximum atomic E-state index is 9.73. The zero-order chi connectivity index (χ0) is 20.6. The molecule has 1 heterocycles. The van der Waals surface area contributed by atoms with E-state index in [1.165, 1.54) is 11.3 Å². The summed E-state index contributed by atoms with van der Waals surface area (Å²) in [5.74, 6) is 1.65. The summed E-state index contributed by atoms with van der Waals surface area (Å²) >= 11 is 0. The fraction of sp³-hybridized carbons (Fsp3) is 0.435. The van der Waals surface area contributed by atoms with Crippen molar-refractivity contribution in [1.82, 2.24) is 10.2 Å². The number of ether oxygens (including phenoxy) is 1. The highest BCUT2D eigenvalue weighted by Gasteiger charge is 2.19. The summed E-state index contributed by atoms with van der Waals surface area (Å²) in [7, 11) is 1.57. The Morgan fingerprint density at radius 3 is 2.62 bits per heavy atom. The van der Waals surface area contributed by atoms with Crippen molar-refractivity contribution in [2.75, 3.05) is 51.3 Å². The molecule has 6 heteroatoms. The normalized spacial score (nSPS) is 14.8. The lowest BCUT2D eigenvalue weighted by molar-refractivity contribution is 0.372. The fourth-order valence-electron chi connectivity index (χ4n) is 3.60. The van der Waals surface area contributed by atoms with Gasteiger partial charge in [0, 0.05) is 45.0 Å². The predicted molar refractivity (Wildman–Crippen MR) is 119 cm³/mol. The number of nitrogens with one attached hydrogen (secondary N) is 1. The highest BCUT2D eigenvalue weighted by molar-refractivity contribution is 5.80. The van der Waals surface area contributed by atoms with Crippen molar-refractivity contribution < 1.29 is 9.84 Å². The molecule has 0 amide bonds. The second-order valence-corrected chi connectivity index (χ2v) is 7.30. The number of piperazine rings is 1. The van der Waals surface area contributed by atoms with Crippen LogP contribution in [0.2, 0.25) is 0 Å². The molecule has 1 fully saturated rings. The Bertz CT molecular complexity index is 829. The number of aryl methyl sites for hydroxylation is 1. The predicted octanol–water partition coefficient (Wildman–Crippen LogP) is 3.04. The maximum absolute atomic E-state index is 9.73. The second kappa shape index (κ2) is 10.0. The van der Waals surface area contributed by atoms with Gasteiger partial charge in [0.25, 0.3) is 0 Å². The smallest absolute Gasteiger partial charge is 0.194 e. The van der Waals surface area contributed by atoms with E-state index >= 15 is 0 Å². The number of hydrogen-bond acceptors (Lipinski definition) is 4. The molecule has 0 radical (unpaired) electrons. The first-order chi connectivity index (χ1) is 14.1. The third-order valence-corrected chi connectivity index (χ3v) is 5.19. The van der Waals surface area contributed by atoms with E-state index in [0.29, 0.717) is 12.3 Å². The van der Waals surface area contributed by atoms with Crippen LogP contribution in [0.1, 0.15) is 18.1 Å². The van der Waals surface area contributed by atoms with Crippen LogP contribution >= 0.6 is 0 Å². The van der Waals surface area contributed by atoms with Gasteiger partial charge in [0.05, 0.1) is 7.11 Å². The van der Waals surface area contributed by atoms with Crippen LogP contribution in [0.4, 0.5) is 5.69 Å². The van der Waals surface area contributed by atoms with Crippen molar-refractivity contribution in [1.29, 1.82) is 0 Å². The van der Waals surface area contributed by atoms with Gasteiger partial charge in [-0.1, -0.05) is 18.2 Å². The molecule has 0 aliphatic carbocycles. The topological polar surface area (TPSA) is 60.3 Å². The number of nitrogens with zero attached hydrogens (tertiary/aromatic N) is 3. The molecule has 3 rings (SSSR count). The number of aliphatic imine (C=N–C) groups is 1. The zero-order valence-electron chi connectivity index (χ0n) is 17.7. The molecule has 2 aromatic carbocycles. The van der Waals surface area contributed by atoms with E-state index < -0.39 is 0 Å². The molecule has 2 aromatic rings. The van der Waals surface area contributed by atoms with Crippen molar-refractivity contribution in [3.05, 3.63) is 53.6 Å². The minimum atomic E-state index is 0.166. The van der Waals surface area contributed by atoms with Crippen LogP contribution in [0.25, 0.3) is 0 Å². The lowest BCUT2D eigenvalue weighted by Gasteiger charge is -2.37. The first-order valence-corrected chi connectivity index (χ1v) is 10.3. The van der Waals surface area contributed by atoms with Gasteiger partial charge in [-0.05, 0) is 55.7 Å². The van der Waals surface area contributed by atoms with E-state index in [1.54, 1.807) is 13.2 Å². The number of benzene rings is 2. The number of methoxy groups -OCH3 is 1. The molecule has 1 saturated heterocycles. The van der Waals surface area contributed by atoms with Crippen LogP contribution in [-0.2, 0) is 6.42 Å². The third-order valence-electron chi connectivity index (χ3n) is 5.19. The Kier molecular flexibility index (Phi) is 7.22. The van der Waals surface area contributed by atoms with Gasteiger partial charge in [0.2, 0.25) is 0 Å². The zero-order valence-corrected chi connectivity index (χ0v) is 17.7. The van der Waals surface area contributed by atoms with Crippen molar-refractivity contribution in [2.45, 2.75) is 20.3 Å². The van der Waals surface area contributed by atoms with Gasteiger partial charge in [-0.2, -0.15) is 0 Å². The Hall–Kier alpha value is -2.89. The Balaban J connectivity index is 1.58. The summed E-state index contributed by atoms with van der Waals surface area (Å²) in [4.78, 5) is 9.61. The molecule has 0 bridgehead atoms. The first kappa shape index (κ1) is 20.8. The average molecular weight is 397 g/mol. The number of anilines is 1. The van der Waals surface area contributed by atoms with Gasteiger partial charge in [0.1, 0.15) is 0 Å². The lowest BCUT2D eigenvalue weighted by atomic mass is 10.1. The van der Waals surface area contributed by atoms with Gasteiger partial charge in [0.15, 0.2) is 17.5 Å². The molecule has 6 nitrogen and oxygen atoms in total. The minimum Gasteiger partial charge on any atom is -0.504 e. The molecular weight excluding hydrogens is 364 g/mol. The average Bonchev–Trinajstić information content (AvgIpc) is 2.74. The first-order valence-electron chi connectivity index (χ1n) is 10.3. The summed E-state index contributed by atoms with van der Waals surface area (Å²) in [5, 5.41) is 13.2. The number of guanidine groups is 1. The van der Waals surface area contributed by atoms with Crippen LogP contribution < -0.4 is 15.0 Å². The van der Waals surface area contributed by atoms with Gasteiger partial charge >= 0.3 is 0 Å². The minimum absolute atomic E-state index is 0.166. The molecule has 1 aliphatic heterocycles. The molecule has 29 heavy (non-hydrogen) atoms. The number of phenols is 1. The quantitative estimate of drug-likeness (QED) is 0.581. The van der Waals surface area contributed by atoms with Gasteiger partial charge in [-0.25, -0.2) is 0 Å². The third kappa shape index (κ3) is 5.56. The number of aromatic hydroxyl groups is 1. The summed E-state index contributed by atoms with van der Waals surface area (Å²) in [6.07, 6.45) is 0.800. The SMILES string of the molecule is CCNC(=NCCc1ccc(O)c(OC)c1)N1CCN(c2cccc(C)c2)CC1. The van der Waals surface area contributed by atoms with Crippen molar-refractivity contribution >= 4 is 11.6 Å². The number of rotatable bonds is 6. The molecule has 0 unspecified atom stereocenters. The molecule has 0 aromatic heterocycles.